The van der Waals surface area contributed by atoms with E-state index in [0.717, 1.165) is 6.04 Å². The van der Waals surface area contributed by atoms with Crippen molar-refractivity contribution in [2.75, 3.05) is 27.2 Å². The van der Waals surface area contributed by atoms with Crippen molar-refractivity contribution in [3.05, 3.63) is 0 Å². The Labute approximate surface area is 76.5 Å². The maximum Gasteiger partial charge on any atom is 0.0217 e. The van der Waals surface area contributed by atoms with Crippen molar-refractivity contribution in [2.24, 2.45) is 0 Å². The molecule has 1 aliphatic heterocycles. The Balaban J connectivity index is 2.40. The molecule has 1 aliphatic rings. The number of likely N-dealkylation sites (N-methyl/N-ethyl adjacent to an activating group) is 1. The van der Waals surface area contributed by atoms with Gasteiger partial charge in [-0.25, -0.2) is 0 Å². The first-order valence-electron chi connectivity index (χ1n) is 5.01. The predicted octanol–water partition coefficient (Wildman–Crippen LogP) is 1.42. The molecule has 1 atom stereocenters. The average Bonchev–Trinajstić information content (AvgIpc) is 2.04. The van der Waals surface area contributed by atoms with Gasteiger partial charge < -0.3 is 4.90 Å². The van der Waals surface area contributed by atoms with Crippen molar-refractivity contribution in [1.82, 2.24) is 9.80 Å². The summed E-state index contributed by atoms with van der Waals surface area (Å²) < 4.78 is 0. The largest absolute Gasteiger partial charge is 0.305 e. The predicted molar refractivity (Wildman–Crippen MR) is 53.4 cm³/mol. The van der Waals surface area contributed by atoms with E-state index in [-0.39, 0.29) is 0 Å². The lowest BCUT2D eigenvalue weighted by molar-refractivity contribution is 0.109. The molecule has 0 aromatic carbocycles. The van der Waals surface area contributed by atoms with Crippen LogP contribution >= 0.6 is 0 Å². The summed E-state index contributed by atoms with van der Waals surface area (Å²) in [5.74, 6) is 0. The van der Waals surface area contributed by atoms with Crippen LogP contribution in [0, 0.1) is 0 Å². The van der Waals surface area contributed by atoms with Gasteiger partial charge in [0.2, 0.25) is 0 Å². The van der Waals surface area contributed by atoms with Crippen LogP contribution in [0.15, 0.2) is 0 Å². The van der Waals surface area contributed by atoms with Gasteiger partial charge in [-0.3, -0.25) is 4.90 Å². The van der Waals surface area contributed by atoms with Crippen LogP contribution in [0.4, 0.5) is 0 Å². The zero-order valence-corrected chi connectivity index (χ0v) is 8.88. The van der Waals surface area contributed by atoms with E-state index < -0.39 is 0 Å². The SMILES string of the molecule is CC(C)N1CCCC(N(C)C)C1. The van der Waals surface area contributed by atoms with Gasteiger partial charge in [0, 0.05) is 18.6 Å². The fourth-order valence-electron chi connectivity index (χ4n) is 1.87. The van der Waals surface area contributed by atoms with Crippen molar-refractivity contribution in [3.8, 4) is 0 Å². The van der Waals surface area contributed by atoms with Crippen LogP contribution in [-0.4, -0.2) is 49.1 Å². The van der Waals surface area contributed by atoms with Gasteiger partial charge in [-0.15, -0.1) is 0 Å². The molecule has 1 heterocycles. The number of rotatable bonds is 2. The van der Waals surface area contributed by atoms with Crippen molar-refractivity contribution < 1.29 is 0 Å². The molecule has 0 bridgehead atoms. The van der Waals surface area contributed by atoms with Crippen molar-refractivity contribution in [3.63, 3.8) is 0 Å². The van der Waals surface area contributed by atoms with Gasteiger partial charge in [-0.05, 0) is 47.3 Å². The minimum absolute atomic E-state index is 0.716. The fraction of sp³-hybridized carbons (Fsp3) is 1.00. The van der Waals surface area contributed by atoms with E-state index >= 15 is 0 Å². The molecule has 0 aromatic heterocycles. The standard InChI is InChI=1S/C10H22N2/c1-9(2)12-7-5-6-10(8-12)11(3)4/h9-10H,5-8H2,1-4H3. The highest BCUT2D eigenvalue weighted by atomic mass is 15.2. The summed E-state index contributed by atoms with van der Waals surface area (Å²) in [6.07, 6.45) is 2.73. The lowest BCUT2D eigenvalue weighted by atomic mass is 10.0. The summed E-state index contributed by atoms with van der Waals surface area (Å²) in [6.45, 7) is 7.13. The van der Waals surface area contributed by atoms with Gasteiger partial charge in [0.1, 0.15) is 0 Å². The molecule has 1 fully saturated rings. The number of hydrogen-bond donors (Lipinski definition) is 0. The minimum atomic E-state index is 0.716. The van der Waals surface area contributed by atoms with E-state index in [9.17, 15) is 0 Å². The molecule has 0 aliphatic carbocycles. The Bertz CT molecular complexity index is 118. The number of likely N-dealkylation sites (tertiary alicyclic amines) is 1. The molecule has 2 heteroatoms. The molecule has 0 amide bonds. The van der Waals surface area contributed by atoms with Crippen LogP contribution in [0.3, 0.4) is 0 Å². The van der Waals surface area contributed by atoms with Crippen LogP contribution in [0.2, 0.25) is 0 Å². The molecule has 0 spiro atoms. The summed E-state index contributed by atoms with van der Waals surface area (Å²) >= 11 is 0. The van der Waals surface area contributed by atoms with E-state index in [2.05, 4.69) is 37.7 Å². The Morgan fingerprint density at radius 1 is 1.33 bits per heavy atom. The Morgan fingerprint density at radius 3 is 2.50 bits per heavy atom. The van der Waals surface area contributed by atoms with Gasteiger partial charge >= 0.3 is 0 Å². The Hall–Kier alpha value is -0.0800. The van der Waals surface area contributed by atoms with Gasteiger partial charge in [0.05, 0.1) is 0 Å². The van der Waals surface area contributed by atoms with Crippen LogP contribution in [-0.2, 0) is 0 Å². The molecule has 1 rings (SSSR count). The fourth-order valence-corrected chi connectivity index (χ4v) is 1.87. The third-order valence-electron chi connectivity index (χ3n) is 2.89. The molecule has 1 unspecified atom stereocenters. The first kappa shape index (κ1) is 10.0. The van der Waals surface area contributed by atoms with E-state index in [1.165, 1.54) is 25.9 Å². The summed E-state index contributed by atoms with van der Waals surface area (Å²) in [5, 5.41) is 0. The summed E-state index contributed by atoms with van der Waals surface area (Å²) in [5.41, 5.74) is 0. The second-order valence-electron chi connectivity index (χ2n) is 4.35. The molecular weight excluding hydrogens is 148 g/mol. The second kappa shape index (κ2) is 4.24. The number of piperidine rings is 1. The molecule has 0 radical (unpaired) electrons. The average molecular weight is 170 g/mol. The highest BCUT2D eigenvalue weighted by Crippen LogP contribution is 2.15. The monoisotopic (exact) mass is 170 g/mol. The van der Waals surface area contributed by atoms with Crippen molar-refractivity contribution in [1.29, 1.82) is 0 Å². The van der Waals surface area contributed by atoms with Crippen LogP contribution in [0.25, 0.3) is 0 Å². The van der Waals surface area contributed by atoms with Gasteiger partial charge in [0.25, 0.3) is 0 Å². The first-order chi connectivity index (χ1) is 5.61. The first-order valence-corrected chi connectivity index (χ1v) is 5.01. The highest BCUT2D eigenvalue weighted by molar-refractivity contribution is 4.79. The van der Waals surface area contributed by atoms with E-state index in [0.29, 0.717) is 6.04 Å². The van der Waals surface area contributed by atoms with E-state index in [1.807, 2.05) is 0 Å². The molecule has 12 heavy (non-hydrogen) atoms. The Kier molecular flexibility index (Phi) is 3.53. The molecule has 72 valence electrons. The molecule has 1 saturated heterocycles. The van der Waals surface area contributed by atoms with Crippen LogP contribution in [0.1, 0.15) is 26.7 Å². The number of nitrogens with zero attached hydrogens (tertiary/aromatic N) is 2. The quantitative estimate of drug-likeness (QED) is 0.618. The lowest BCUT2D eigenvalue weighted by Gasteiger charge is -2.38. The lowest BCUT2D eigenvalue weighted by Crippen LogP contribution is -2.47. The molecular formula is C10H22N2. The normalized spacial score (nSPS) is 27.0. The zero-order chi connectivity index (χ0) is 9.14. The highest BCUT2D eigenvalue weighted by Gasteiger charge is 2.22. The molecule has 2 nitrogen and oxygen atoms in total. The van der Waals surface area contributed by atoms with Crippen molar-refractivity contribution in [2.45, 2.75) is 38.8 Å². The van der Waals surface area contributed by atoms with Gasteiger partial charge in [0.15, 0.2) is 0 Å². The maximum atomic E-state index is 2.58. The third kappa shape index (κ3) is 2.46. The summed E-state index contributed by atoms with van der Waals surface area (Å²) in [6, 6.07) is 1.49. The molecule has 0 aromatic rings. The molecule has 0 N–H and O–H groups in total. The second-order valence-corrected chi connectivity index (χ2v) is 4.35. The smallest absolute Gasteiger partial charge is 0.0217 e. The topological polar surface area (TPSA) is 6.48 Å². The number of hydrogen-bond acceptors (Lipinski definition) is 2. The summed E-state index contributed by atoms with van der Waals surface area (Å²) in [4.78, 5) is 4.93. The van der Waals surface area contributed by atoms with Gasteiger partial charge in [-0.2, -0.15) is 0 Å². The van der Waals surface area contributed by atoms with E-state index in [4.69, 9.17) is 0 Å². The van der Waals surface area contributed by atoms with Crippen LogP contribution < -0.4 is 0 Å². The molecule has 0 saturated carbocycles. The van der Waals surface area contributed by atoms with Gasteiger partial charge in [-0.1, -0.05) is 0 Å². The van der Waals surface area contributed by atoms with E-state index in [1.54, 1.807) is 0 Å². The third-order valence-corrected chi connectivity index (χ3v) is 2.89. The Morgan fingerprint density at radius 2 is 2.00 bits per heavy atom. The van der Waals surface area contributed by atoms with Crippen molar-refractivity contribution >= 4 is 0 Å². The zero-order valence-electron chi connectivity index (χ0n) is 8.88. The summed E-state index contributed by atoms with van der Waals surface area (Å²) in [7, 11) is 4.38. The van der Waals surface area contributed by atoms with Crippen LogP contribution in [0.5, 0.6) is 0 Å². The minimum Gasteiger partial charge on any atom is -0.305 e. The maximum absolute atomic E-state index is 2.58.